The van der Waals surface area contributed by atoms with Gasteiger partial charge >= 0.3 is 0 Å². The van der Waals surface area contributed by atoms with E-state index in [2.05, 4.69) is 15.8 Å². The van der Waals surface area contributed by atoms with Crippen LogP contribution in [0.1, 0.15) is 30.9 Å². The SMILES string of the molecule is CCC(=O)NC(CCSC)C(=O)NN=C(c1ccccc1)c1ccccc1. The van der Waals surface area contributed by atoms with Crippen LogP contribution in [0.25, 0.3) is 0 Å². The zero-order valence-electron chi connectivity index (χ0n) is 15.6. The molecule has 0 aromatic heterocycles. The molecule has 0 spiro atoms. The summed E-state index contributed by atoms with van der Waals surface area (Å²) in [5.41, 5.74) is 5.13. The summed E-state index contributed by atoms with van der Waals surface area (Å²) >= 11 is 1.63. The Labute approximate surface area is 164 Å². The molecule has 2 aromatic rings. The average Bonchev–Trinajstić information content (AvgIpc) is 2.72. The van der Waals surface area contributed by atoms with E-state index in [9.17, 15) is 9.59 Å². The summed E-state index contributed by atoms with van der Waals surface area (Å²) in [5, 5.41) is 7.16. The molecule has 0 aliphatic rings. The maximum absolute atomic E-state index is 12.6. The first-order chi connectivity index (χ1) is 13.2. The maximum Gasteiger partial charge on any atom is 0.262 e. The summed E-state index contributed by atoms with van der Waals surface area (Å²) in [6.07, 6.45) is 2.86. The van der Waals surface area contributed by atoms with Gasteiger partial charge in [-0.15, -0.1) is 0 Å². The van der Waals surface area contributed by atoms with Gasteiger partial charge in [-0.3, -0.25) is 9.59 Å². The third-order valence-electron chi connectivity index (χ3n) is 3.96. The zero-order valence-corrected chi connectivity index (χ0v) is 16.5. The van der Waals surface area contributed by atoms with Crippen LogP contribution < -0.4 is 10.7 Å². The van der Waals surface area contributed by atoms with Crippen LogP contribution in [0.15, 0.2) is 65.8 Å². The lowest BCUT2D eigenvalue weighted by Gasteiger charge is -2.17. The van der Waals surface area contributed by atoms with Crippen molar-refractivity contribution in [3.8, 4) is 0 Å². The minimum atomic E-state index is -0.596. The van der Waals surface area contributed by atoms with E-state index in [-0.39, 0.29) is 11.8 Å². The number of nitrogens with one attached hydrogen (secondary N) is 2. The monoisotopic (exact) mass is 383 g/mol. The fraction of sp³-hybridized carbons (Fsp3) is 0.286. The van der Waals surface area contributed by atoms with E-state index >= 15 is 0 Å². The van der Waals surface area contributed by atoms with Crippen molar-refractivity contribution in [2.24, 2.45) is 5.10 Å². The molecule has 0 bridgehead atoms. The Kier molecular flexibility index (Phi) is 8.58. The van der Waals surface area contributed by atoms with Crippen LogP contribution in [0.3, 0.4) is 0 Å². The standard InChI is InChI=1S/C21H25N3O2S/c1-3-19(25)22-18(14-15-27-2)21(26)24-23-20(16-10-6-4-7-11-16)17-12-8-5-9-13-17/h4-13,18H,3,14-15H2,1-2H3,(H,22,25)(H,24,26). The molecule has 0 heterocycles. The van der Waals surface area contributed by atoms with E-state index < -0.39 is 6.04 Å². The Balaban J connectivity index is 2.22. The molecule has 0 saturated heterocycles. The lowest BCUT2D eigenvalue weighted by atomic mass is 10.0. The van der Waals surface area contributed by atoms with E-state index in [1.54, 1.807) is 18.7 Å². The second-order valence-electron chi connectivity index (χ2n) is 5.92. The zero-order chi connectivity index (χ0) is 19.5. The Hall–Kier alpha value is -2.60. The summed E-state index contributed by atoms with van der Waals surface area (Å²) < 4.78 is 0. The quantitative estimate of drug-likeness (QED) is 0.516. The van der Waals surface area contributed by atoms with Gasteiger partial charge in [0.25, 0.3) is 5.91 Å². The number of hydrogen-bond acceptors (Lipinski definition) is 4. The summed E-state index contributed by atoms with van der Waals surface area (Å²) in [7, 11) is 0. The van der Waals surface area contributed by atoms with Gasteiger partial charge < -0.3 is 5.32 Å². The molecule has 5 nitrogen and oxygen atoms in total. The molecule has 0 saturated carbocycles. The van der Waals surface area contributed by atoms with Crippen LogP contribution in [0.5, 0.6) is 0 Å². The molecule has 2 amide bonds. The van der Waals surface area contributed by atoms with Gasteiger partial charge in [-0.25, -0.2) is 5.43 Å². The van der Waals surface area contributed by atoms with Crippen LogP contribution in [-0.4, -0.2) is 35.6 Å². The Morgan fingerprint density at radius 1 is 1.00 bits per heavy atom. The van der Waals surface area contributed by atoms with E-state index in [1.165, 1.54) is 0 Å². The van der Waals surface area contributed by atoms with Gasteiger partial charge in [-0.1, -0.05) is 67.6 Å². The lowest BCUT2D eigenvalue weighted by Crippen LogP contribution is -2.45. The predicted octanol–water partition coefficient (Wildman–Crippen LogP) is 3.20. The molecule has 2 rings (SSSR count). The van der Waals surface area contributed by atoms with Gasteiger partial charge in [-0.2, -0.15) is 16.9 Å². The molecule has 0 aliphatic heterocycles. The normalized spacial score (nSPS) is 11.3. The number of hydrogen-bond donors (Lipinski definition) is 2. The van der Waals surface area contributed by atoms with E-state index in [1.807, 2.05) is 66.9 Å². The number of amides is 2. The Bertz CT molecular complexity index is 722. The van der Waals surface area contributed by atoms with Crippen LogP contribution in [0, 0.1) is 0 Å². The van der Waals surface area contributed by atoms with Crippen molar-refractivity contribution in [1.29, 1.82) is 0 Å². The van der Waals surface area contributed by atoms with Crippen molar-refractivity contribution in [2.45, 2.75) is 25.8 Å². The van der Waals surface area contributed by atoms with E-state index in [4.69, 9.17) is 0 Å². The summed E-state index contributed by atoms with van der Waals surface area (Å²) in [5.74, 6) is 0.317. The summed E-state index contributed by atoms with van der Waals surface area (Å²) in [6, 6.07) is 18.8. The number of hydrazone groups is 1. The second kappa shape index (κ2) is 11.2. The lowest BCUT2D eigenvalue weighted by molar-refractivity contribution is -0.128. The average molecular weight is 384 g/mol. The third kappa shape index (κ3) is 6.57. The largest absolute Gasteiger partial charge is 0.344 e. The first-order valence-electron chi connectivity index (χ1n) is 8.92. The number of rotatable bonds is 9. The first kappa shape index (κ1) is 20.7. The van der Waals surface area contributed by atoms with Crippen LogP contribution >= 0.6 is 11.8 Å². The number of thioether (sulfide) groups is 1. The topological polar surface area (TPSA) is 70.6 Å². The van der Waals surface area contributed by atoms with E-state index in [0.29, 0.717) is 18.6 Å². The molecule has 27 heavy (non-hydrogen) atoms. The number of benzene rings is 2. The Morgan fingerprint density at radius 3 is 2.04 bits per heavy atom. The van der Waals surface area contributed by atoms with Crippen LogP contribution in [0.2, 0.25) is 0 Å². The molecule has 0 radical (unpaired) electrons. The summed E-state index contributed by atoms with van der Waals surface area (Å²) in [4.78, 5) is 24.4. The van der Waals surface area contributed by atoms with Gasteiger partial charge in [0, 0.05) is 17.5 Å². The highest BCUT2D eigenvalue weighted by Gasteiger charge is 2.20. The molecule has 1 atom stereocenters. The molecule has 0 fully saturated rings. The van der Waals surface area contributed by atoms with Crippen molar-refractivity contribution in [3.63, 3.8) is 0 Å². The van der Waals surface area contributed by atoms with Crippen molar-refractivity contribution in [3.05, 3.63) is 71.8 Å². The number of nitrogens with zero attached hydrogens (tertiary/aromatic N) is 1. The highest BCUT2D eigenvalue weighted by atomic mass is 32.2. The van der Waals surface area contributed by atoms with E-state index in [0.717, 1.165) is 16.9 Å². The van der Waals surface area contributed by atoms with Crippen molar-refractivity contribution in [1.82, 2.24) is 10.7 Å². The number of carbonyl (C=O) groups excluding carboxylic acids is 2. The molecule has 0 aliphatic carbocycles. The third-order valence-corrected chi connectivity index (χ3v) is 4.60. The van der Waals surface area contributed by atoms with Gasteiger partial charge in [-0.05, 0) is 18.4 Å². The van der Waals surface area contributed by atoms with Gasteiger partial charge in [0.05, 0.1) is 5.71 Å². The van der Waals surface area contributed by atoms with Crippen molar-refractivity contribution >= 4 is 29.3 Å². The molecule has 2 N–H and O–H groups in total. The molecular weight excluding hydrogens is 358 g/mol. The van der Waals surface area contributed by atoms with Gasteiger partial charge in [0.1, 0.15) is 6.04 Å². The van der Waals surface area contributed by atoms with Crippen molar-refractivity contribution < 1.29 is 9.59 Å². The molecular formula is C21H25N3O2S. The van der Waals surface area contributed by atoms with Crippen molar-refractivity contribution in [2.75, 3.05) is 12.0 Å². The van der Waals surface area contributed by atoms with Crippen LogP contribution in [0.4, 0.5) is 0 Å². The molecule has 1 unspecified atom stereocenters. The predicted molar refractivity (Wildman–Crippen MR) is 112 cm³/mol. The Morgan fingerprint density at radius 2 is 1.56 bits per heavy atom. The highest BCUT2D eigenvalue weighted by Crippen LogP contribution is 2.10. The molecule has 142 valence electrons. The fourth-order valence-electron chi connectivity index (χ4n) is 2.48. The minimum Gasteiger partial charge on any atom is -0.344 e. The molecule has 6 heteroatoms. The van der Waals surface area contributed by atoms with Gasteiger partial charge in [0.15, 0.2) is 0 Å². The minimum absolute atomic E-state index is 0.147. The molecule has 2 aromatic carbocycles. The first-order valence-corrected chi connectivity index (χ1v) is 10.3. The highest BCUT2D eigenvalue weighted by molar-refractivity contribution is 7.98. The smallest absolute Gasteiger partial charge is 0.262 e. The maximum atomic E-state index is 12.6. The fourth-order valence-corrected chi connectivity index (χ4v) is 2.95. The van der Waals surface area contributed by atoms with Crippen LogP contribution in [-0.2, 0) is 9.59 Å². The summed E-state index contributed by atoms with van der Waals surface area (Å²) in [6.45, 7) is 1.76. The second-order valence-corrected chi connectivity index (χ2v) is 6.91. The van der Waals surface area contributed by atoms with Gasteiger partial charge in [0.2, 0.25) is 5.91 Å². The number of carbonyl (C=O) groups is 2.